The van der Waals surface area contributed by atoms with Crippen molar-refractivity contribution in [2.45, 2.75) is 79.9 Å². The predicted octanol–water partition coefficient (Wildman–Crippen LogP) is 5.49. The molecule has 0 aliphatic rings. The molecule has 1 N–H and O–H groups in total. The summed E-state index contributed by atoms with van der Waals surface area (Å²) in [4.78, 5) is 31.6. The fourth-order valence-electron chi connectivity index (χ4n) is 3.45. The molecule has 33 heavy (non-hydrogen) atoms. The molecule has 0 aliphatic heterocycles. The highest BCUT2D eigenvalue weighted by Gasteiger charge is 2.18. The Morgan fingerprint density at radius 1 is 1.09 bits per heavy atom. The number of rotatable bonds is 11. The van der Waals surface area contributed by atoms with Gasteiger partial charge in [0, 0.05) is 31.7 Å². The number of hydrogen-bond donors (Lipinski definition) is 1. The van der Waals surface area contributed by atoms with E-state index in [1.807, 2.05) is 48.4 Å². The summed E-state index contributed by atoms with van der Waals surface area (Å²) >= 11 is 0. The summed E-state index contributed by atoms with van der Waals surface area (Å²) < 4.78 is 7.30. The van der Waals surface area contributed by atoms with Gasteiger partial charge in [-0.05, 0) is 70.1 Å². The SMILES string of the molecule is CC(C)CCN(CCC(C)C)C(=O)c1ccc2ncn(CCCNC(=O)OC(C)(C)C)c2c1. The van der Waals surface area contributed by atoms with Crippen LogP contribution in [0.4, 0.5) is 4.79 Å². The normalized spacial score (nSPS) is 11.9. The predicted molar refractivity (Wildman–Crippen MR) is 133 cm³/mol. The van der Waals surface area contributed by atoms with Crippen LogP contribution in [0.15, 0.2) is 24.5 Å². The number of fused-ring (bicyclic) bond motifs is 1. The van der Waals surface area contributed by atoms with Crippen LogP contribution in [0, 0.1) is 11.8 Å². The highest BCUT2D eigenvalue weighted by atomic mass is 16.6. The first kappa shape index (κ1) is 26.7. The highest BCUT2D eigenvalue weighted by molar-refractivity contribution is 5.97. The van der Waals surface area contributed by atoms with Gasteiger partial charge in [-0.3, -0.25) is 4.79 Å². The fourth-order valence-corrected chi connectivity index (χ4v) is 3.45. The Bertz CT molecular complexity index is 900. The van der Waals surface area contributed by atoms with E-state index in [1.54, 1.807) is 6.33 Å². The third-order valence-electron chi connectivity index (χ3n) is 5.35. The minimum atomic E-state index is -0.508. The number of carbonyl (C=O) groups is 2. The summed E-state index contributed by atoms with van der Waals surface area (Å²) in [5.74, 6) is 1.19. The van der Waals surface area contributed by atoms with Crippen molar-refractivity contribution in [3.63, 3.8) is 0 Å². The molecule has 7 nitrogen and oxygen atoms in total. The number of hydrogen-bond acceptors (Lipinski definition) is 4. The van der Waals surface area contributed by atoms with Crippen LogP contribution in [-0.2, 0) is 11.3 Å². The topological polar surface area (TPSA) is 76.5 Å². The lowest BCUT2D eigenvalue weighted by Gasteiger charge is -2.24. The Labute approximate surface area is 198 Å². The molecule has 2 amide bonds. The summed E-state index contributed by atoms with van der Waals surface area (Å²) in [6.07, 6.45) is 4.11. The number of benzene rings is 1. The van der Waals surface area contributed by atoms with Crippen LogP contribution in [0.5, 0.6) is 0 Å². The van der Waals surface area contributed by atoms with Crippen molar-refractivity contribution in [1.29, 1.82) is 0 Å². The minimum absolute atomic E-state index is 0.0811. The van der Waals surface area contributed by atoms with Gasteiger partial charge < -0.3 is 19.5 Å². The van der Waals surface area contributed by atoms with E-state index in [1.165, 1.54) is 0 Å². The van der Waals surface area contributed by atoms with Crippen molar-refractivity contribution in [3.05, 3.63) is 30.1 Å². The molecule has 2 aromatic rings. The fraction of sp³-hybridized carbons (Fsp3) is 0.654. The van der Waals surface area contributed by atoms with Crippen LogP contribution in [0.1, 0.15) is 78.1 Å². The number of nitrogens with one attached hydrogen (secondary N) is 1. The number of amides is 2. The van der Waals surface area contributed by atoms with E-state index >= 15 is 0 Å². The molecule has 0 saturated heterocycles. The molecule has 2 rings (SSSR count). The monoisotopic (exact) mass is 458 g/mol. The Hall–Kier alpha value is -2.57. The van der Waals surface area contributed by atoms with Gasteiger partial charge in [0.2, 0.25) is 0 Å². The van der Waals surface area contributed by atoms with Crippen molar-refractivity contribution in [1.82, 2.24) is 19.8 Å². The summed E-state index contributed by atoms with van der Waals surface area (Å²) in [7, 11) is 0. The second kappa shape index (κ2) is 12.1. The standard InChI is InChI=1S/C26H42N4O3/c1-19(2)11-15-29(16-12-20(3)4)24(31)21-9-10-22-23(17-21)30(18-28-22)14-8-13-27-25(32)33-26(5,6)7/h9-10,17-20H,8,11-16H2,1-7H3,(H,27,32). The van der Waals surface area contributed by atoms with E-state index in [9.17, 15) is 9.59 Å². The maximum Gasteiger partial charge on any atom is 0.407 e. The van der Waals surface area contributed by atoms with Crippen LogP contribution in [0.2, 0.25) is 0 Å². The number of aromatic nitrogens is 2. The first-order valence-corrected chi connectivity index (χ1v) is 12.2. The van der Waals surface area contributed by atoms with Crippen molar-refractivity contribution in [2.24, 2.45) is 11.8 Å². The molecule has 1 aromatic heterocycles. The van der Waals surface area contributed by atoms with E-state index in [0.717, 1.165) is 43.4 Å². The number of imidazole rings is 1. The van der Waals surface area contributed by atoms with Crippen molar-refractivity contribution in [3.8, 4) is 0 Å². The summed E-state index contributed by atoms with van der Waals surface area (Å²) in [5.41, 5.74) is 1.99. The number of carbonyl (C=O) groups excluding carboxylic acids is 2. The van der Waals surface area contributed by atoms with Crippen molar-refractivity contribution >= 4 is 23.0 Å². The molecule has 0 unspecified atom stereocenters. The van der Waals surface area contributed by atoms with Crippen LogP contribution in [-0.4, -0.2) is 51.7 Å². The molecule has 0 radical (unpaired) electrons. The molecule has 1 heterocycles. The lowest BCUT2D eigenvalue weighted by Crippen LogP contribution is -2.34. The Kier molecular flexibility index (Phi) is 9.74. The Morgan fingerprint density at radius 2 is 1.73 bits per heavy atom. The van der Waals surface area contributed by atoms with Crippen LogP contribution < -0.4 is 5.32 Å². The van der Waals surface area contributed by atoms with Gasteiger partial charge in [-0.1, -0.05) is 27.7 Å². The third kappa shape index (κ3) is 9.06. The molecule has 0 saturated carbocycles. The highest BCUT2D eigenvalue weighted by Crippen LogP contribution is 2.18. The van der Waals surface area contributed by atoms with Crippen LogP contribution in [0.25, 0.3) is 11.0 Å². The minimum Gasteiger partial charge on any atom is -0.444 e. The Morgan fingerprint density at radius 3 is 2.30 bits per heavy atom. The van der Waals surface area contributed by atoms with Gasteiger partial charge in [-0.15, -0.1) is 0 Å². The maximum absolute atomic E-state index is 13.3. The second-order valence-corrected chi connectivity index (χ2v) is 10.6. The first-order valence-electron chi connectivity index (χ1n) is 12.2. The molecule has 0 spiro atoms. The van der Waals surface area contributed by atoms with Gasteiger partial charge in [0.25, 0.3) is 5.91 Å². The molecule has 1 aromatic carbocycles. The third-order valence-corrected chi connectivity index (χ3v) is 5.35. The van der Waals surface area contributed by atoms with Gasteiger partial charge in [0.15, 0.2) is 0 Å². The molecule has 0 aliphatic carbocycles. The molecule has 7 heteroatoms. The molecule has 184 valence electrons. The van der Waals surface area contributed by atoms with Gasteiger partial charge in [-0.25, -0.2) is 9.78 Å². The zero-order chi connectivity index (χ0) is 24.6. The largest absolute Gasteiger partial charge is 0.444 e. The first-order chi connectivity index (χ1) is 15.5. The Balaban J connectivity index is 2.05. The van der Waals surface area contributed by atoms with E-state index < -0.39 is 11.7 Å². The van der Waals surface area contributed by atoms with Gasteiger partial charge in [0.05, 0.1) is 17.4 Å². The lowest BCUT2D eigenvalue weighted by atomic mass is 10.1. The van der Waals surface area contributed by atoms with Crippen molar-refractivity contribution in [2.75, 3.05) is 19.6 Å². The van der Waals surface area contributed by atoms with Crippen LogP contribution in [0.3, 0.4) is 0 Å². The van der Waals surface area contributed by atoms with E-state index in [4.69, 9.17) is 4.74 Å². The van der Waals surface area contributed by atoms with Gasteiger partial charge in [-0.2, -0.15) is 0 Å². The number of alkyl carbamates (subject to hydrolysis) is 1. The molecule has 0 fully saturated rings. The quantitative estimate of drug-likeness (QED) is 0.452. The van der Waals surface area contributed by atoms with Crippen molar-refractivity contribution < 1.29 is 14.3 Å². The van der Waals surface area contributed by atoms with E-state index in [0.29, 0.717) is 30.5 Å². The lowest BCUT2D eigenvalue weighted by molar-refractivity contribution is 0.0526. The van der Waals surface area contributed by atoms with E-state index in [-0.39, 0.29) is 5.91 Å². The summed E-state index contributed by atoms with van der Waals surface area (Å²) in [6, 6.07) is 5.74. The van der Waals surface area contributed by atoms with E-state index in [2.05, 4.69) is 38.0 Å². The zero-order valence-corrected chi connectivity index (χ0v) is 21.5. The molecular weight excluding hydrogens is 416 g/mol. The average Bonchev–Trinajstić information content (AvgIpc) is 3.11. The molecule has 0 bridgehead atoms. The average molecular weight is 459 g/mol. The molecule has 0 atom stereocenters. The van der Waals surface area contributed by atoms with Crippen LogP contribution >= 0.6 is 0 Å². The van der Waals surface area contributed by atoms with Gasteiger partial charge in [0.1, 0.15) is 5.60 Å². The summed E-state index contributed by atoms with van der Waals surface area (Å²) in [5, 5.41) is 2.78. The smallest absolute Gasteiger partial charge is 0.407 e. The second-order valence-electron chi connectivity index (χ2n) is 10.6. The zero-order valence-electron chi connectivity index (χ0n) is 21.5. The van der Waals surface area contributed by atoms with Gasteiger partial charge >= 0.3 is 6.09 Å². The maximum atomic E-state index is 13.3. The number of aryl methyl sites for hydroxylation is 1. The number of nitrogens with zero attached hydrogens (tertiary/aromatic N) is 3. The molecular formula is C26H42N4O3. The number of ether oxygens (including phenoxy) is 1. The summed E-state index contributed by atoms with van der Waals surface area (Å²) in [6.45, 7) is 17.0.